The average Bonchev–Trinajstić information content (AvgIpc) is 2.44. The van der Waals surface area contributed by atoms with Gasteiger partial charge in [0.25, 0.3) is 0 Å². The van der Waals surface area contributed by atoms with Crippen LogP contribution in [0.3, 0.4) is 0 Å². The molecule has 122 valence electrons. The van der Waals surface area contributed by atoms with Gasteiger partial charge in [-0.15, -0.1) is 0 Å². The molecule has 2 rings (SSSR count). The van der Waals surface area contributed by atoms with Crippen molar-refractivity contribution in [3.8, 4) is 5.75 Å². The first-order chi connectivity index (χ1) is 10.6. The second-order valence-electron chi connectivity index (χ2n) is 7.91. The number of aromatic nitrogens is 1. The van der Waals surface area contributed by atoms with Crippen molar-refractivity contribution >= 4 is 12.0 Å². The van der Waals surface area contributed by atoms with E-state index >= 15 is 0 Å². The first-order valence-electron chi connectivity index (χ1n) is 7.92. The van der Waals surface area contributed by atoms with E-state index in [2.05, 4.69) is 51.5 Å². The summed E-state index contributed by atoms with van der Waals surface area (Å²) in [7, 11) is 0. The Hall–Kier alpha value is -2.16. The van der Waals surface area contributed by atoms with Crippen molar-refractivity contribution in [1.82, 2.24) is 4.98 Å². The first-order valence-corrected chi connectivity index (χ1v) is 7.92. The van der Waals surface area contributed by atoms with Gasteiger partial charge in [0.1, 0.15) is 5.75 Å². The van der Waals surface area contributed by atoms with Gasteiger partial charge in [-0.05, 0) is 40.7 Å². The minimum atomic E-state index is -0.140. The van der Waals surface area contributed by atoms with Gasteiger partial charge < -0.3 is 5.11 Å². The molecule has 0 saturated carbocycles. The molecule has 1 aromatic heterocycles. The molecule has 0 unspecified atom stereocenters. The number of phenols is 1. The van der Waals surface area contributed by atoms with E-state index in [0.29, 0.717) is 11.6 Å². The molecule has 2 aromatic rings. The number of nitrogens with zero attached hydrogens (tertiary/aromatic N) is 2. The highest BCUT2D eigenvalue weighted by atomic mass is 16.3. The van der Waals surface area contributed by atoms with E-state index in [1.807, 2.05) is 36.5 Å². The number of aromatic hydroxyl groups is 1. The van der Waals surface area contributed by atoms with Crippen LogP contribution in [0.1, 0.15) is 58.2 Å². The van der Waals surface area contributed by atoms with Gasteiger partial charge in [0, 0.05) is 23.5 Å². The number of hydrogen-bond acceptors (Lipinski definition) is 3. The van der Waals surface area contributed by atoms with Gasteiger partial charge in [0.05, 0.1) is 0 Å². The number of hydrogen-bond donors (Lipinski definition) is 1. The van der Waals surface area contributed by atoms with E-state index in [1.165, 1.54) is 0 Å². The zero-order valence-electron chi connectivity index (χ0n) is 14.9. The lowest BCUT2D eigenvalue weighted by atomic mass is 9.78. The molecule has 0 radical (unpaired) electrons. The number of phenolic OH excluding ortho intramolecular Hbond substituents is 1. The van der Waals surface area contributed by atoms with Gasteiger partial charge in [0.2, 0.25) is 0 Å². The third-order valence-electron chi connectivity index (χ3n) is 3.74. The number of rotatable bonds is 2. The minimum absolute atomic E-state index is 0.140. The zero-order chi connectivity index (χ0) is 17.3. The highest BCUT2D eigenvalue weighted by Crippen LogP contribution is 2.39. The lowest BCUT2D eigenvalue weighted by molar-refractivity contribution is 0.423. The molecule has 0 fully saturated rings. The molecule has 0 spiro atoms. The Morgan fingerprint density at radius 2 is 1.52 bits per heavy atom. The van der Waals surface area contributed by atoms with Gasteiger partial charge in [-0.2, -0.15) is 0 Å². The zero-order valence-corrected chi connectivity index (χ0v) is 14.9. The van der Waals surface area contributed by atoms with Crippen molar-refractivity contribution in [3.05, 3.63) is 53.2 Å². The topological polar surface area (TPSA) is 45.5 Å². The fourth-order valence-electron chi connectivity index (χ4n) is 2.45. The summed E-state index contributed by atoms with van der Waals surface area (Å²) < 4.78 is 0. The molecule has 0 aliphatic carbocycles. The maximum Gasteiger partial charge on any atom is 0.151 e. The summed E-state index contributed by atoms with van der Waals surface area (Å²) in [6.45, 7) is 12.6. The molecule has 0 aliphatic rings. The molecule has 1 aromatic carbocycles. The summed E-state index contributed by atoms with van der Waals surface area (Å²) >= 11 is 0. The van der Waals surface area contributed by atoms with E-state index in [1.54, 1.807) is 6.20 Å². The second kappa shape index (κ2) is 6.15. The maximum absolute atomic E-state index is 10.7. The van der Waals surface area contributed by atoms with E-state index in [0.717, 1.165) is 16.7 Å². The monoisotopic (exact) mass is 310 g/mol. The second-order valence-corrected chi connectivity index (χ2v) is 7.91. The van der Waals surface area contributed by atoms with Crippen LogP contribution in [0.2, 0.25) is 0 Å². The molecule has 23 heavy (non-hydrogen) atoms. The van der Waals surface area contributed by atoms with E-state index in [-0.39, 0.29) is 10.8 Å². The molecule has 0 aliphatic heterocycles. The summed E-state index contributed by atoms with van der Waals surface area (Å²) in [6, 6.07) is 9.67. The van der Waals surface area contributed by atoms with E-state index in [9.17, 15) is 5.11 Å². The van der Waals surface area contributed by atoms with Crippen LogP contribution in [0.15, 0.2) is 41.5 Å². The number of benzene rings is 1. The molecule has 0 amide bonds. The van der Waals surface area contributed by atoms with Crippen molar-refractivity contribution in [2.45, 2.75) is 52.4 Å². The molecule has 3 nitrogen and oxygen atoms in total. The quantitative estimate of drug-likeness (QED) is 0.781. The Bertz CT molecular complexity index is 670. The van der Waals surface area contributed by atoms with Crippen molar-refractivity contribution in [1.29, 1.82) is 0 Å². The number of pyridine rings is 1. The minimum Gasteiger partial charge on any atom is -0.507 e. The summed E-state index contributed by atoms with van der Waals surface area (Å²) in [6.07, 6.45) is 3.54. The molecular weight excluding hydrogens is 284 g/mol. The van der Waals surface area contributed by atoms with Crippen molar-refractivity contribution in [2.24, 2.45) is 4.99 Å². The van der Waals surface area contributed by atoms with Crippen LogP contribution in [0.4, 0.5) is 5.82 Å². The lowest BCUT2D eigenvalue weighted by Gasteiger charge is -2.27. The molecule has 1 heterocycles. The highest BCUT2D eigenvalue weighted by molar-refractivity contribution is 5.83. The standard InChI is InChI=1S/C20H26N2O/c1-19(2,3)15-11-14(12-16(18(15)23)20(4,5)6)13-22-17-9-7-8-10-21-17/h7-13,23H,1-6H3/b22-13+. The largest absolute Gasteiger partial charge is 0.507 e. The van der Waals surface area contributed by atoms with Crippen LogP contribution in [0.5, 0.6) is 5.75 Å². The third-order valence-corrected chi connectivity index (χ3v) is 3.74. The lowest BCUT2D eigenvalue weighted by Crippen LogP contribution is -2.17. The van der Waals surface area contributed by atoms with Crippen LogP contribution in [0, 0.1) is 0 Å². The first kappa shape index (κ1) is 17.2. The molecule has 0 atom stereocenters. The number of aliphatic imine (C=N–C) groups is 1. The summed E-state index contributed by atoms with van der Waals surface area (Å²) in [5.41, 5.74) is 2.57. The average molecular weight is 310 g/mol. The van der Waals surface area contributed by atoms with Crippen molar-refractivity contribution in [2.75, 3.05) is 0 Å². The van der Waals surface area contributed by atoms with Gasteiger partial charge in [0.15, 0.2) is 5.82 Å². The Labute approximate surface area is 139 Å². The molecule has 1 N–H and O–H groups in total. The summed E-state index contributed by atoms with van der Waals surface area (Å²) in [4.78, 5) is 8.64. The normalized spacial score (nSPS) is 12.8. The van der Waals surface area contributed by atoms with Crippen LogP contribution in [0.25, 0.3) is 0 Å². The van der Waals surface area contributed by atoms with Gasteiger partial charge in [-0.3, -0.25) is 0 Å². The van der Waals surface area contributed by atoms with Gasteiger partial charge in [-0.1, -0.05) is 47.6 Å². The Kier molecular flexibility index (Phi) is 4.60. The Morgan fingerprint density at radius 1 is 0.957 bits per heavy atom. The SMILES string of the molecule is CC(C)(C)c1cc(/C=N/c2ccccn2)cc(C(C)(C)C)c1O. The molecular formula is C20H26N2O. The van der Waals surface area contributed by atoms with Crippen LogP contribution >= 0.6 is 0 Å². The van der Waals surface area contributed by atoms with E-state index < -0.39 is 0 Å². The van der Waals surface area contributed by atoms with Crippen molar-refractivity contribution in [3.63, 3.8) is 0 Å². The Balaban J connectivity index is 2.54. The molecule has 0 saturated heterocycles. The predicted octanol–water partition coefficient (Wildman–Crippen LogP) is 5.13. The fourth-order valence-corrected chi connectivity index (χ4v) is 2.45. The van der Waals surface area contributed by atoms with Crippen LogP contribution in [-0.4, -0.2) is 16.3 Å². The van der Waals surface area contributed by atoms with Gasteiger partial charge in [-0.25, -0.2) is 9.98 Å². The predicted molar refractivity (Wildman–Crippen MR) is 97.0 cm³/mol. The fraction of sp³-hybridized carbons (Fsp3) is 0.400. The smallest absolute Gasteiger partial charge is 0.151 e. The third kappa shape index (κ3) is 4.19. The molecule has 0 bridgehead atoms. The highest BCUT2D eigenvalue weighted by Gasteiger charge is 2.26. The summed E-state index contributed by atoms with van der Waals surface area (Å²) in [5.74, 6) is 1.06. The van der Waals surface area contributed by atoms with Crippen LogP contribution < -0.4 is 0 Å². The van der Waals surface area contributed by atoms with Gasteiger partial charge >= 0.3 is 0 Å². The molecule has 3 heteroatoms. The van der Waals surface area contributed by atoms with Crippen molar-refractivity contribution < 1.29 is 5.11 Å². The van der Waals surface area contributed by atoms with E-state index in [4.69, 9.17) is 0 Å². The Morgan fingerprint density at radius 3 is 1.96 bits per heavy atom. The van der Waals surface area contributed by atoms with Crippen LogP contribution in [-0.2, 0) is 10.8 Å². The maximum atomic E-state index is 10.7. The summed E-state index contributed by atoms with van der Waals surface area (Å²) in [5, 5.41) is 10.7.